The summed E-state index contributed by atoms with van der Waals surface area (Å²) in [6.07, 6.45) is 3.44. The monoisotopic (exact) mass is 374 g/mol. The Morgan fingerprint density at radius 3 is 2.26 bits per heavy atom. The van der Waals surface area contributed by atoms with E-state index in [4.69, 9.17) is 9.31 Å². The van der Waals surface area contributed by atoms with Gasteiger partial charge in [0.05, 0.1) is 23.1 Å². The molecule has 0 saturated carbocycles. The van der Waals surface area contributed by atoms with Crippen molar-refractivity contribution in [1.82, 2.24) is 9.88 Å². The molecule has 2 aliphatic heterocycles. The van der Waals surface area contributed by atoms with E-state index in [9.17, 15) is 4.79 Å². The fraction of sp³-hybridized carbons (Fsp3) is 0.684. The number of hydrogen-bond donors (Lipinski definition) is 1. The summed E-state index contributed by atoms with van der Waals surface area (Å²) < 4.78 is 12.3. The smallest absolute Gasteiger partial charge is 0.403 e. The molecule has 2 saturated heterocycles. The third-order valence-corrected chi connectivity index (χ3v) is 5.94. The minimum Gasteiger partial charge on any atom is -0.403 e. The van der Waals surface area contributed by atoms with E-state index < -0.39 is 0 Å². The fourth-order valence-corrected chi connectivity index (χ4v) is 3.38. The van der Waals surface area contributed by atoms with Crippen LogP contribution in [0.15, 0.2) is 18.3 Å². The Morgan fingerprint density at radius 2 is 1.78 bits per heavy atom. The van der Waals surface area contributed by atoms with Crippen LogP contribution in [0.3, 0.4) is 0 Å². The van der Waals surface area contributed by atoms with Gasteiger partial charge in [-0.1, -0.05) is 0 Å². The van der Waals surface area contributed by atoms with E-state index in [0.29, 0.717) is 24.6 Å². The molecule has 1 aromatic heterocycles. The largest absolute Gasteiger partial charge is 0.461 e. The number of hydrogen-bond acceptors (Lipinski definition) is 5. The topological polar surface area (TPSA) is 66.9 Å². The number of nitrogens with one attached hydrogen (secondary N) is 1. The first-order valence-electron chi connectivity index (χ1n) is 9.64. The van der Waals surface area contributed by atoms with Crippen LogP contribution < -0.4 is 10.2 Å². The Kier molecular flexibility index (Phi) is 5.41. The van der Waals surface area contributed by atoms with Gasteiger partial charge in [0, 0.05) is 27.2 Å². The predicted octanol–water partition coefficient (Wildman–Crippen LogP) is 3.24. The summed E-state index contributed by atoms with van der Waals surface area (Å²) in [5.41, 5.74) is 0.0918. The SMILES string of the molecule is CN(C)c1ccc(NC(=O)N2CCC(B3OC(C)(C)C(C)(C)O3)CC2)cn1. The molecule has 27 heavy (non-hydrogen) atoms. The zero-order valence-electron chi connectivity index (χ0n) is 17.3. The van der Waals surface area contributed by atoms with Crippen molar-refractivity contribution in [3.05, 3.63) is 18.3 Å². The third kappa shape index (κ3) is 4.22. The quantitative estimate of drug-likeness (QED) is 0.823. The molecular weight excluding hydrogens is 343 g/mol. The average Bonchev–Trinajstić information content (AvgIpc) is 2.83. The maximum Gasteiger partial charge on any atom is 0.461 e. The Hall–Kier alpha value is -1.80. The number of nitrogens with zero attached hydrogens (tertiary/aromatic N) is 3. The van der Waals surface area contributed by atoms with Crippen LogP contribution >= 0.6 is 0 Å². The minimum atomic E-state index is -0.308. The Balaban J connectivity index is 1.51. The van der Waals surface area contributed by atoms with E-state index in [1.54, 1.807) is 6.20 Å². The van der Waals surface area contributed by atoms with Crippen molar-refractivity contribution in [2.24, 2.45) is 0 Å². The number of carbonyl (C=O) groups is 1. The second kappa shape index (κ2) is 7.32. The summed E-state index contributed by atoms with van der Waals surface area (Å²) in [5, 5.41) is 2.93. The van der Waals surface area contributed by atoms with E-state index in [1.807, 2.05) is 36.0 Å². The van der Waals surface area contributed by atoms with Gasteiger partial charge in [-0.2, -0.15) is 0 Å². The molecule has 2 amide bonds. The molecule has 7 nitrogen and oxygen atoms in total. The summed E-state index contributed by atoms with van der Waals surface area (Å²) in [6.45, 7) is 9.69. The maximum atomic E-state index is 12.5. The first kappa shape index (κ1) is 20.0. The number of urea groups is 1. The molecule has 1 aromatic rings. The lowest BCUT2D eigenvalue weighted by molar-refractivity contribution is 0.00578. The Bertz CT molecular complexity index is 654. The molecule has 0 aliphatic carbocycles. The molecule has 2 fully saturated rings. The van der Waals surface area contributed by atoms with Crippen molar-refractivity contribution >= 4 is 24.7 Å². The minimum absolute atomic E-state index is 0.0817. The second-order valence-corrected chi connectivity index (χ2v) is 8.68. The number of aromatic nitrogens is 1. The van der Waals surface area contributed by atoms with Crippen molar-refractivity contribution in [3.8, 4) is 0 Å². The Morgan fingerprint density at radius 1 is 1.19 bits per heavy atom. The first-order chi connectivity index (χ1) is 12.6. The van der Waals surface area contributed by atoms with E-state index in [2.05, 4.69) is 38.0 Å². The molecule has 2 aliphatic rings. The zero-order valence-corrected chi connectivity index (χ0v) is 17.3. The average molecular weight is 374 g/mol. The summed E-state index contributed by atoms with van der Waals surface area (Å²) in [6, 6.07) is 3.68. The van der Waals surface area contributed by atoms with Gasteiger partial charge in [0.2, 0.25) is 0 Å². The molecule has 0 radical (unpaired) electrons. The van der Waals surface area contributed by atoms with E-state index >= 15 is 0 Å². The second-order valence-electron chi connectivity index (χ2n) is 8.68. The van der Waals surface area contributed by atoms with Crippen molar-refractivity contribution in [3.63, 3.8) is 0 Å². The first-order valence-corrected chi connectivity index (χ1v) is 9.64. The van der Waals surface area contributed by atoms with Crippen LogP contribution in [0.2, 0.25) is 5.82 Å². The fourth-order valence-electron chi connectivity index (χ4n) is 3.38. The van der Waals surface area contributed by atoms with Crippen molar-refractivity contribution in [2.45, 2.75) is 57.6 Å². The highest BCUT2D eigenvalue weighted by Crippen LogP contribution is 2.42. The predicted molar refractivity (Wildman–Crippen MR) is 108 cm³/mol. The van der Waals surface area contributed by atoms with Gasteiger partial charge >= 0.3 is 13.1 Å². The third-order valence-electron chi connectivity index (χ3n) is 5.94. The number of likely N-dealkylation sites (tertiary alicyclic amines) is 1. The molecule has 0 spiro atoms. The van der Waals surface area contributed by atoms with Gasteiger partial charge in [0.25, 0.3) is 0 Å². The van der Waals surface area contributed by atoms with E-state index in [0.717, 1.165) is 18.7 Å². The summed E-state index contributed by atoms with van der Waals surface area (Å²) in [5.74, 6) is 1.17. The van der Waals surface area contributed by atoms with Gasteiger partial charge < -0.3 is 24.4 Å². The van der Waals surface area contributed by atoms with Crippen molar-refractivity contribution < 1.29 is 14.1 Å². The van der Waals surface area contributed by atoms with Gasteiger partial charge in [-0.25, -0.2) is 9.78 Å². The van der Waals surface area contributed by atoms with Gasteiger partial charge in [-0.05, 0) is 58.5 Å². The molecule has 0 atom stereocenters. The summed E-state index contributed by atoms with van der Waals surface area (Å²) >= 11 is 0. The molecule has 3 rings (SSSR count). The van der Waals surface area contributed by atoms with Crippen LogP contribution in [0.5, 0.6) is 0 Å². The van der Waals surface area contributed by atoms with Crippen LogP contribution in [0, 0.1) is 0 Å². The molecular formula is C19H31BN4O3. The standard InChI is InChI=1S/C19H31BN4O3/c1-18(2)19(3,4)27-20(26-18)14-9-11-24(12-10-14)17(25)22-15-7-8-16(21-13-15)23(5)6/h7-8,13-14H,9-12H2,1-6H3,(H,22,25). The van der Waals surface area contributed by atoms with Gasteiger partial charge in [-0.15, -0.1) is 0 Å². The number of carbonyl (C=O) groups excluding carboxylic acids is 1. The van der Waals surface area contributed by atoms with Crippen LogP contribution in [0.4, 0.5) is 16.3 Å². The molecule has 0 bridgehead atoms. The molecule has 148 valence electrons. The normalized spacial score (nSPS) is 22.0. The highest BCUT2D eigenvalue weighted by molar-refractivity contribution is 6.47. The maximum absolute atomic E-state index is 12.5. The highest BCUT2D eigenvalue weighted by atomic mass is 16.7. The van der Waals surface area contributed by atoms with E-state index in [-0.39, 0.29) is 24.4 Å². The number of rotatable bonds is 3. The van der Waals surface area contributed by atoms with Gasteiger partial charge in [-0.3, -0.25) is 0 Å². The molecule has 1 N–H and O–H groups in total. The Labute approximate surface area is 162 Å². The summed E-state index contributed by atoms with van der Waals surface area (Å²) in [7, 11) is 3.68. The van der Waals surface area contributed by atoms with Gasteiger partial charge in [0.1, 0.15) is 5.82 Å². The number of amides is 2. The van der Waals surface area contributed by atoms with Crippen molar-refractivity contribution in [2.75, 3.05) is 37.4 Å². The van der Waals surface area contributed by atoms with Crippen LogP contribution in [0.1, 0.15) is 40.5 Å². The van der Waals surface area contributed by atoms with E-state index in [1.165, 1.54) is 0 Å². The number of anilines is 2. The lowest BCUT2D eigenvalue weighted by Gasteiger charge is -2.32. The number of piperidine rings is 1. The van der Waals surface area contributed by atoms with Crippen LogP contribution in [-0.2, 0) is 9.31 Å². The van der Waals surface area contributed by atoms with Crippen molar-refractivity contribution in [1.29, 1.82) is 0 Å². The zero-order chi connectivity index (χ0) is 19.8. The summed E-state index contributed by atoms with van der Waals surface area (Å²) in [4.78, 5) is 20.6. The number of pyridine rings is 1. The highest BCUT2D eigenvalue weighted by Gasteiger charge is 2.53. The molecule has 8 heteroatoms. The lowest BCUT2D eigenvalue weighted by atomic mass is 9.67. The van der Waals surface area contributed by atoms with Crippen LogP contribution in [0.25, 0.3) is 0 Å². The van der Waals surface area contributed by atoms with Gasteiger partial charge in [0.15, 0.2) is 0 Å². The lowest BCUT2D eigenvalue weighted by Crippen LogP contribution is -2.43. The molecule has 0 aromatic carbocycles. The molecule has 3 heterocycles. The molecule has 0 unspecified atom stereocenters. The van der Waals surface area contributed by atoms with Crippen LogP contribution in [-0.4, -0.2) is 61.4 Å².